The van der Waals surface area contributed by atoms with E-state index in [-0.39, 0.29) is 5.92 Å². The summed E-state index contributed by atoms with van der Waals surface area (Å²) in [6.07, 6.45) is 1.05. The minimum Gasteiger partial charge on any atom is -0.390 e. The highest BCUT2D eigenvalue weighted by atomic mass is 32.2. The smallest absolute Gasteiger partial charge is 0.209 e. The molecular weight excluding hydrogens is 310 g/mol. The lowest BCUT2D eigenvalue weighted by atomic mass is 10.1. The number of aliphatic hydroxyl groups excluding tert-OH is 2. The highest BCUT2D eigenvalue weighted by Gasteiger charge is 2.42. The fraction of sp³-hybridized carbons (Fsp3) is 0.833. The van der Waals surface area contributed by atoms with Crippen molar-refractivity contribution in [3.8, 4) is 0 Å². The molecule has 10 heteroatoms. The van der Waals surface area contributed by atoms with Crippen molar-refractivity contribution in [1.29, 1.82) is 0 Å². The summed E-state index contributed by atoms with van der Waals surface area (Å²) in [4.78, 5) is 1.97. The van der Waals surface area contributed by atoms with Gasteiger partial charge in [0, 0.05) is 25.2 Å². The van der Waals surface area contributed by atoms with Crippen molar-refractivity contribution in [3.63, 3.8) is 0 Å². The molecule has 2 rings (SSSR count). The lowest BCUT2D eigenvalue weighted by Gasteiger charge is -2.17. The fourth-order valence-electron chi connectivity index (χ4n) is 2.76. The van der Waals surface area contributed by atoms with Crippen LogP contribution >= 0.6 is 0 Å². The fourth-order valence-corrected chi connectivity index (χ4v) is 3.55. The third-order valence-electron chi connectivity index (χ3n) is 3.65. The molecule has 0 amide bonds. The SMILES string of the molecule is CN(C)Cc1cn(C[C@H]2C[C@@H](NS(C)(=O)=O)[C@H](O)[C@@H]2O)nn1. The normalized spacial score (nSPS) is 29.4. The van der Waals surface area contributed by atoms with E-state index in [4.69, 9.17) is 0 Å². The number of aliphatic hydroxyl groups is 2. The Morgan fingerprint density at radius 2 is 2.09 bits per heavy atom. The van der Waals surface area contributed by atoms with Gasteiger partial charge in [-0.1, -0.05) is 5.21 Å². The Bertz CT molecular complexity index is 602. The second kappa shape index (κ2) is 6.59. The zero-order valence-corrected chi connectivity index (χ0v) is 13.7. The molecule has 1 saturated carbocycles. The summed E-state index contributed by atoms with van der Waals surface area (Å²) in [6, 6.07) is -0.681. The topological polar surface area (TPSA) is 121 Å². The molecule has 0 unspecified atom stereocenters. The van der Waals surface area contributed by atoms with Gasteiger partial charge in [-0.2, -0.15) is 0 Å². The lowest BCUT2D eigenvalue weighted by molar-refractivity contribution is 0.00974. The first kappa shape index (κ1) is 17.3. The van der Waals surface area contributed by atoms with Gasteiger partial charge in [0.25, 0.3) is 0 Å². The second-order valence-corrected chi connectivity index (χ2v) is 7.92. The maximum atomic E-state index is 11.3. The lowest BCUT2D eigenvalue weighted by Crippen LogP contribution is -2.42. The van der Waals surface area contributed by atoms with E-state index in [9.17, 15) is 18.6 Å². The van der Waals surface area contributed by atoms with Crippen LogP contribution in [0.2, 0.25) is 0 Å². The van der Waals surface area contributed by atoms with Gasteiger partial charge in [-0.05, 0) is 20.5 Å². The Kier molecular flexibility index (Phi) is 5.17. The average molecular weight is 333 g/mol. The van der Waals surface area contributed by atoms with Crippen LogP contribution in [0.1, 0.15) is 12.1 Å². The van der Waals surface area contributed by atoms with Crippen LogP contribution in [0.15, 0.2) is 6.20 Å². The van der Waals surface area contributed by atoms with Gasteiger partial charge in [0.15, 0.2) is 0 Å². The van der Waals surface area contributed by atoms with Gasteiger partial charge < -0.3 is 15.1 Å². The summed E-state index contributed by atoms with van der Waals surface area (Å²) in [5.41, 5.74) is 0.809. The van der Waals surface area contributed by atoms with Gasteiger partial charge in [-0.3, -0.25) is 4.68 Å². The van der Waals surface area contributed by atoms with E-state index >= 15 is 0 Å². The zero-order valence-electron chi connectivity index (χ0n) is 12.9. The van der Waals surface area contributed by atoms with E-state index in [0.29, 0.717) is 19.5 Å². The molecule has 3 N–H and O–H groups in total. The summed E-state index contributed by atoms with van der Waals surface area (Å²) in [5, 5.41) is 28.1. The van der Waals surface area contributed by atoms with Crippen LogP contribution in [0, 0.1) is 5.92 Å². The first-order chi connectivity index (χ1) is 10.2. The molecule has 0 bridgehead atoms. The van der Waals surface area contributed by atoms with Gasteiger partial charge in [0.2, 0.25) is 10.0 Å². The molecule has 1 aromatic rings. The minimum atomic E-state index is -3.43. The van der Waals surface area contributed by atoms with Crippen molar-refractivity contribution in [2.75, 3.05) is 20.4 Å². The van der Waals surface area contributed by atoms with Crippen molar-refractivity contribution < 1.29 is 18.6 Å². The standard InChI is InChI=1S/C12H23N5O4S/c1-16(2)6-9-7-17(15-13-9)5-8-4-10(12(19)11(8)18)14-22(3,20)21/h7-8,10-12,14,18-19H,4-6H2,1-3H3/t8-,10-,11-,12+/m1/s1. The predicted molar refractivity (Wildman–Crippen MR) is 79.3 cm³/mol. The molecule has 1 heterocycles. The number of nitrogens with zero attached hydrogens (tertiary/aromatic N) is 4. The van der Waals surface area contributed by atoms with E-state index < -0.39 is 28.3 Å². The Morgan fingerprint density at radius 1 is 1.41 bits per heavy atom. The maximum absolute atomic E-state index is 11.3. The monoisotopic (exact) mass is 333 g/mol. The zero-order chi connectivity index (χ0) is 16.5. The van der Waals surface area contributed by atoms with Crippen LogP contribution in [-0.4, -0.2) is 77.1 Å². The molecule has 0 radical (unpaired) electrons. The number of hydrogen-bond acceptors (Lipinski definition) is 7. The largest absolute Gasteiger partial charge is 0.390 e. The van der Waals surface area contributed by atoms with Gasteiger partial charge in [0.1, 0.15) is 0 Å². The van der Waals surface area contributed by atoms with E-state index in [1.807, 2.05) is 19.0 Å². The number of nitrogens with one attached hydrogen (secondary N) is 1. The summed E-state index contributed by atoms with van der Waals surface area (Å²) in [7, 11) is 0.425. The molecule has 0 aromatic carbocycles. The Hall–Kier alpha value is -1.07. The second-order valence-electron chi connectivity index (χ2n) is 6.14. The van der Waals surface area contributed by atoms with E-state index in [0.717, 1.165) is 11.9 Å². The maximum Gasteiger partial charge on any atom is 0.209 e. The third-order valence-corrected chi connectivity index (χ3v) is 4.38. The Balaban J connectivity index is 1.99. The molecule has 0 aliphatic heterocycles. The number of sulfonamides is 1. The van der Waals surface area contributed by atoms with E-state index in [1.165, 1.54) is 0 Å². The van der Waals surface area contributed by atoms with Crippen molar-refractivity contribution in [1.82, 2.24) is 24.6 Å². The van der Waals surface area contributed by atoms with E-state index in [1.54, 1.807) is 10.9 Å². The molecule has 9 nitrogen and oxygen atoms in total. The van der Waals surface area contributed by atoms with Gasteiger partial charge in [-0.25, -0.2) is 13.1 Å². The third kappa shape index (κ3) is 4.46. The van der Waals surface area contributed by atoms with Gasteiger partial charge in [0.05, 0.1) is 30.2 Å². The predicted octanol–water partition coefficient (Wildman–Crippen LogP) is -2.00. The van der Waals surface area contributed by atoms with Crippen molar-refractivity contribution in [3.05, 3.63) is 11.9 Å². The molecule has 1 aliphatic rings. The van der Waals surface area contributed by atoms with Crippen LogP contribution in [0.3, 0.4) is 0 Å². The molecule has 0 saturated heterocycles. The van der Waals surface area contributed by atoms with Crippen molar-refractivity contribution in [2.24, 2.45) is 5.92 Å². The van der Waals surface area contributed by atoms with Crippen LogP contribution in [0.5, 0.6) is 0 Å². The summed E-state index contributed by atoms with van der Waals surface area (Å²) < 4.78 is 26.5. The van der Waals surface area contributed by atoms with Gasteiger partial charge in [-0.15, -0.1) is 5.10 Å². The van der Waals surface area contributed by atoms with Gasteiger partial charge >= 0.3 is 0 Å². The Labute approximate surface area is 130 Å². The van der Waals surface area contributed by atoms with Crippen molar-refractivity contribution >= 4 is 10.0 Å². The average Bonchev–Trinajstić information content (AvgIpc) is 2.89. The molecule has 126 valence electrons. The minimum absolute atomic E-state index is 0.289. The van der Waals surface area contributed by atoms with Crippen molar-refractivity contribution in [2.45, 2.75) is 37.8 Å². The molecule has 1 aromatic heterocycles. The molecule has 1 fully saturated rings. The first-order valence-electron chi connectivity index (χ1n) is 7.03. The van der Waals surface area contributed by atoms with Crippen LogP contribution in [-0.2, 0) is 23.1 Å². The molecule has 22 heavy (non-hydrogen) atoms. The quantitative estimate of drug-likeness (QED) is 0.550. The van der Waals surface area contributed by atoms with Crippen LogP contribution < -0.4 is 4.72 Å². The number of aromatic nitrogens is 3. The molecule has 1 aliphatic carbocycles. The van der Waals surface area contributed by atoms with E-state index in [2.05, 4.69) is 15.0 Å². The molecule has 4 atom stereocenters. The highest BCUT2D eigenvalue weighted by Crippen LogP contribution is 2.28. The van der Waals surface area contributed by atoms with Crippen LogP contribution in [0.25, 0.3) is 0 Å². The summed E-state index contributed by atoms with van der Waals surface area (Å²) in [6.45, 7) is 1.04. The Morgan fingerprint density at radius 3 is 2.68 bits per heavy atom. The number of hydrogen-bond donors (Lipinski definition) is 3. The first-order valence-corrected chi connectivity index (χ1v) is 8.92. The number of rotatable bonds is 6. The summed E-state index contributed by atoms with van der Waals surface area (Å²) in [5.74, 6) is -0.289. The van der Waals surface area contributed by atoms with Crippen LogP contribution in [0.4, 0.5) is 0 Å². The molecular formula is C12H23N5O4S. The molecule has 0 spiro atoms. The highest BCUT2D eigenvalue weighted by molar-refractivity contribution is 7.88. The summed E-state index contributed by atoms with van der Waals surface area (Å²) >= 11 is 0.